The molecule has 0 radical (unpaired) electrons. The molecule has 0 aromatic heterocycles. The fraction of sp³-hybridized carbons (Fsp3) is 0.562. The highest BCUT2D eigenvalue weighted by Gasteiger charge is 2.29. The second kappa shape index (κ2) is 7.79. The van der Waals surface area contributed by atoms with Crippen LogP contribution in [0, 0.1) is 13.8 Å². The van der Waals surface area contributed by atoms with E-state index in [9.17, 15) is 13.2 Å². The molecule has 0 aliphatic heterocycles. The first-order valence-corrected chi connectivity index (χ1v) is 9.38. The van der Waals surface area contributed by atoms with Gasteiger partial charge in [-0.1, -0.05) is 12.1 Å². The number of anilines is 1. The summed E-state index contributed by atoms with van der Waals surface area (Å²) in [6.45, 7) is 6.50. The molecule has 1 atom stereocenters. The van der Waals surface area contributed by atoms with Gasteiger partial charge in [-0.25, -0.2) is 8.42 Å². The van der Waals surface area contributed by atoms with Gasteiger partial charge in [0.1, 0.15) is 6.04 Å². The molecule has 23 heavy (non-hydrogen) atoms. The second-order valence-electron chi connectivity index (χ2n) is 6.12. The number of nitrogens with zero attached hydrogens (tertiary/aromatic N) is 2. The van der Waals surface area contributed by atoms with Crippen LogP contribution in [-0.4, -0.2) is 58.7 Å². The van der Waals surface area contributed by atoms with Crippen LogP contribution in [0.5, 0.6) is 0 Å². The van der Waals surface area contributed by atoms with Crippen LogP contribution in [0.25, 0.3) is 0 Å². The van der Waals surface area contributed by atoms with Crippen molar-refractivity contribution in [1.82, 2.24) is 10.2 Å². The van der Waals surface area contributed by atoms with Crippen LogP contribution in [0.15, 0.2) is 18.2 Å². The Hall–Kier alpha value is -1.60. The minimum absolute atomic E-state index is 0.307. The van der Waals surface area contributed by atoms with Crippen LogP contribution in [-0.2, 0) is 14.8 Å². The molecule has 0 heterocycles. The summed E-state index contributed by atoms with van der Waals surface area (Å²) in [6.07, 6.45) is 1.12. The fourth-order valence-electron chi connectivity index (χ4n) is 2.29. The van der Waals surface area contributed by atoms with Crippen molar-refractivity contribution in [3.63, 3.8) is 0 Å². The Morgan fingerprint density at radius 3 is 2.39 bits per heavy atom. The van der Waals surface area contributed by atoms with E-state index >= 15 is 0 Å². The Morgan fingerprint density at radius 2 is 1.87 bits per heavy atom. The van der Waals surface area contributed by atoms with Crippen molar-refractivity contribution in [1.29, 1.82) is 0 Å². The molecule has 0 saturated heterocycles. The number of amides is 1. The van der Waals surface area contributed by atoms with E-state index in [1.165, 1.54) is 4.31 Å². The molecule has 0 spiro atoms. The van der Waals surface area contributed by atoms with Crippen LogP contribution < -0.4 is 9.62 Å². The summed E-state index contributed by atoms with van der Waals surface area (Å²) < 4.78 is 25.7. The van der Waals surface area contributed by atoms with Crippen molar-refractivity contribution in [2.24, 2.45) is 0 Å². The van der Waals surface area contributed by atoms with Gasteiger partial charge >= 0.3 is 0 Å². The van der Waals surface area contributed by atoms with Gasteiger partial charge in [0.05, 0.1) is 11.9 Å². The summed E-state index contributed by atoms with van der Waals surface area (Å²) in [6, 6.07) is 4.76. The topological polar surface area (TPSA) is 69.7 Å². The molecule has 0 bridgehead atoms. The predicted octanol–water partition coefficient (Wildman–Crippen LogP) is 1.14. The third-order valence-corrected chi connectivity index (χ3v) is 4.78. The minimum atomic E-state index is -3.58. The maximum atomic E-state index is 12.3. The lowest BCUT2D eigenvalue weighted by molar-refractivity contribution is -0.121. The first kappa shape index (κ1) is 19.4. The van der Waals surface area contributed by atoms with Gasteiger partial charge in [-0.3, -0.25) is 9.10 Å². The largest absolute Gasteiger partial charge is 0.353 e. The number of hydrogen-bond donors (Lipinski definition) is 1. The Morgan fingerprint density at radius 1 is 1.26 bits per heavy atom. The van der Waals surface area contributed by atoms with E-state index in [-0.39, 0.29) is 5.91 Å². The van der Waals surface area contributed by atoms with Gasteiger partial charge in [0.2, 0.25) is 15.9 Å². The molecule has 0 unspecified atom stereocenters. The normalized spacial score (nSPS) is 13.0. The molecule has 0 fully saturated rings. The molecule has 1 aromatic rings. The Balaban J connectivity index is 3.08. The number of rotatable bonds is 7. The van der Waals surface area contributed by atoms with Crippen molar-refractivity contribution in [3.05, 3.63) is 29.3 Å². The van der Waals surface area contributed by atoms with Crippen molar-refractivity contribution in [2.45, 2.75) is 26.8 Å². The summed E-state index contributed by atoms with van der Waals surface area (Å²) in [5, 5.41) is 2.78. The number of nitrogens with one attached hydrogen (secondary N) is 1. The van der Waals surface area contributed by atoms with Gasteiger partial charge in [-0.15, -0.1) is 0 Å². The van der Waals surface area contributed by atoms with E-state index in [1.807, 2.05) is 45.0 Å². The minimum Gasteiger partial charge on any atom is -0.353 e. The lowest BCUT2D eigenvalue weighted by atomic mass is 10.1. The van der Waals surface area contributed by atoms with E-state index in [2.05, 4.69) is 5.32 Å². The summed E-state index contributed by atoms with van der Waals surface area (Å²) in [7, 11) is 0.242. The molecule has 1 aromatic carbocycles. The molecule has 0 saturated carbocycles. The Kier molecular flexibility index (Phi) is 6.58. The number of carbonyl (C=O) groups is 1. The monoisotopic (exact) mass is 341 g/mol. The number of hydrogen-bond acceptors (Lipinski definition) is 4. The SMILES string of the molecule is Cc1ccc(C)c(N([C@H](C)C(=O)NCCN(C)C)S(C)(=O)=O)c1. The Bertz CT molecular complexity index is 657. The van der Waals surface area contributed by atoms with E-state index in [0.717, 1.165) is 17.4 Å². The van der Waals surface area contributed by atoms with Gasteiger partial charge in [-0.05, 0) is 52.1 Å². The first-order chi connectivity index (χ1) is 10.5. The van der Waals surface area contributed by atoms with Crippen molar-refractivity contribution in [2.75, 3.05) is 37.7 Å². The molecule has 1 amide bonds. The van der Waals surface area contributed by atoms with Gasteiger partial charge in [0.15, 0.2) is 0 Å². The first-order valence-electron chi connectivity index (χ1n) is 7.53. The predicted molar refractivity (Wildman–Crippen MR) is 94.3 cm³/mol. The maximum absolute atomic E-state index is 12.3. The van der Waals surface area contributed by atoms with Crippen molar-refractivity contribution >= 4 is 21.6 Å². The molecule has 130 valence electrons. The number of benzene rings is 1. The van der Waals surface area contributed by atoms with E-state index in [0.29, 0.717) is 18.8 Å². The fourth-order valence-corrected chi connectivity index (χ4v) is 3.51. The number of likely N-dealkylation sites (N-methyl/N-ethyl adjacent to an activating group) is 1. The zero-order valence-electron chi connectivity index (χ0n) is 14.8. The molecule has 6 nitrogen and oxygen atoms in total. The average Bonchev–Trinajstić information content (AvgIpc) is 2.40. The summed E-state index contributed by atoms with van der Waals surface area (Å²) in [4.78, 5) is 14.3. The lowest BCUT2D eigenvalue weighted by Crippen LogP contribution is -2.49. The number of carbonyl (C=O) groups excluding carboxylic acids is 1. The molecular weight excluding hydrogens is 314 g/mol. The van der Waals surface area contributed by atoms with E-state index in [4.69, 9.17) is 0 Å². The summed E-state index contributed by atoms with van der Waals surface area (Å²) in [5.74, 6) is -0.307. The van der Waals surface area contributed by atoms with Crippen molar-refractivity contribution in [3.8, 4) is 0 Å². The molecule has 1 rings (SSSR count). The maximum Gasteiger partial charge on any atom is 0.243 e. The van der Waals surface area contributed by atoms with Crippen LogP contribution in [0.3, 0.4) is 0 Å². The lowest BCUT2D eigenvalue weighted by Gasteiger charge is -2.30. The average molecular weight is 341 g/mol. The van der Waals surface area contributed by atoms with Crippen LogP contribution in [0.2, 0.25) is 0 Å². The number of aryl methyl sites for hydroxylation is 2. The molecular formula is C16H27N3O3S. The third kappa shape index (κ3) is 5.51. The molecule has 7 heteroatoms. The highest BCUT2D eigenvalue weighted by atomic mass is 32.2. The van der Waals surface area contributed by atoms with E-state index in [1.54, 1.807) is 13.0 Å². The molecule has 0 aliphatic carbocycles. The standard InChI is InChI=1S/C16H27N3O3S/c1-12-7-8-13(2)15(11-12)19(23(6,21)22)14(3)16(20)17-9-10-18(4)5/h7-8,11,14H,9-10H2,1-6H3,(H,17,20)/t14-/m1/s1. The smallest absolute Gasteiger partial charge is 0.243 e. The van der Waals surface area contributed by atoms with Crippen LogP contribution in [0.4, 0.5) is 5.69 Å². The van der Waals surface area contributed by atoms with Gasteiger partial charge in [0, 0.05) is 13.1 Å². The quantitative estimate of drug-likeness (QED) is 0.807. The van der Waals surface area contributed by atoms with Crippen LogP contribution >= 0.6 is 0 Å². The summed E-state index contributed by atoms with van der Waals surface area (Å²) >= 11 is 0. The third-order valence-electron chi connectivity index (χ3n) is 3.55. The van der Waals surface area contributed by atoms with E-state index < -0.39 is 16.1 Å². The zero-order chi connectivity index (χ0) is 17.8. The second-order valence-corrected chi connectivity index (χ2v) is 7.98. The highest BCUT2D eigenvalue weighted by Crippen LogP contribution is 2.26. The number of sulfonamides is 1. The molecule has 1 N–H and O–H groups in total. The van der Waals surface area contributed by atoms with Gasteiger partial charge < -0.3 is 10.2 Å². The van der Waals surface area contributed by atoms with Gasteiger partial charge in [-0.2, -0.15) is 0 Å². The molecule has 0 aliphatic rings. The highest BCUT2D eigenvalue weighted by molar-refractivity contribution is 7.92. The Labute approximate surface area is 139 Å². The van der Waals surface area contributed by atoms with Crippen molar-refractivity contribution < 1.29 is 13.2 Å². The zero-order valence-corrected chi connectivity index (χ0v) is 15.6. The van der Waals surface area contributed by atoms with Crippen LogP contribution in [0.1, 0.15) is 18.1 Å². The van der Waals surface area contributed by atoms with Gasteiger partial charge in [0.25, 0.3) is 0 Å². The summed E-state index contributed by atoms with van der Waals surface area (Å²) in [5.41, 5.74) is 2.30.